The molecule has 114 valence electrons. The first kappa shape index (κ1) is 15.8. The summed E-state index contributed by atoms with van der Waals surface area (Å²) in [5, 5.41) is 13.3. The second-order valence-corrected chi connectivity index (χ2v) is 4.77. The molecule has 2 aromatic carbocycles. The van der Waals surface area contributed by atoms with Crippen LogP contribution in [0.15, 0.2) is 36.4 Å². The third-order valence-electron chi connectivity index (χ3n) is 2.85. The van der Waals surface area contributed by atoms with E-state index in [0.717, 1.165) is 24.3 Å². The van der Waals surface area contributed by atoms with Crippen molar-refractivity contribution in [3.05, 3.63) is 74.3 Å². The Hall–Kier alpha value is -2.54. The molecule has 1 amide bonds. The molecule has 22 heavy (non-hydrogen) atoms. The number of halogens is 3. The molecule has 2 rings (SSSR count). The summed E-state index contributed by atoms with van der Waals surface area (Å²) in [5.41, 5.74) is -0.749. The van der Waals surface area contributed by atoms with Crippen molar-refractivity contribution in [2.75, 3.05) is 0 Å². The number of amides is 1. The van der Waals surface area contributed by atoms with Crippen molar-refractivity contribution in [1.82, 2.24) is 5.32 Å². The summed E-state index contributed by atoms with van der Waals surface area (Å²) in [6.45, 7) is -0.303. The standard InChI is InChI=1S/C14H9ClF2N2O3/c15-9-1-3-11(13(6-9)19(21)22)14(20)18-7-8-5-10(16)2-4-12(8)17/h1-6H,7H2,(H,18,20). The van der Waals surface area contributed by atoms with E-state index < -0.39 is 28.2 Å². The average Bonchev–Trinajstić information content (AvgIpc) is 2.47. The monoisotopic (exact) mass is 326 g/mol. The first-order valence-electron chi connectivity index (χ1n) is 6.04. The van der Waals surface area contributed by atoms with E-state index >= 15 is 0 Å². The first-order chi connectivity index (χ1) is 10.4. The number of carbonyl (C=O) groups is 1. The van der Waals surface area contributed by atoms with E-state index in [1.807, 2.05) is 0 Å². The van der Waals surface area contributed by atoms with Crippen LogP contribution in [-0.4, -0.2) is 10.8 Å². The molecule has 0 radical (unpaired) electrons. The number of nitrogens with zero attached hydrogens (tertiary/aromatic N) is 1. The van der Waals surface area contributed by atoms with Crippen LogP contribution >= 0.6 is 11.6 Å². The summed E-state index contributed by atoms with van der Waals surface area (Å²) in [6.07, 6.45) is 0. The lowest BCUT2D eigenvalue weighted by atomic mass is 10.1. The molecule has 0 aliphatic heterocycles. The molecule has 0 atom stereocenters. The van der Waals surface area contributed by atoms with Gasteiger partial charge < -0.3 is 5.32 Å². The minimum absolute atomic E-state index is 0.0648. The number of hydrogen-bond acceptors (Lipinski definition) is 3. The number of hydrogen-bond donors (Lipinski definition) is 1. The maximum atomic E-state index is 13.4. The summed E-state index contributed by atoms with van der Waals surface area (Å²) in [5.74, 6) is -2.12. The maximum absolute atomic E-state index is 13.4. The number of nitrogens with one attached hydrogen (secondary N) is 1. The van der Waals surface area contributed by atoms with Gasteiger partial charge >= 0.3 is 0 Å². The van der Waals surface area contributed by atoms with Gasteiger partial charge in [-0.25, -0.2) is 8.78 Å². The van der Waals surface area contributed by atoms with Crippen molar-refractivity contribution in [1.29, 1.82) is 0 Å². The fourth-order valence-corrected chi connectivity index (χ4v) is 1.96. The van der Waals surface area contributed by atoms with Crippen LogP contribution in [0.1, 0.15) is 15.9 Å². The van der Waals surface area contributed by atoms with Crippen molar-refractivity contribution < 1.29 is 18.5 Å². The van der Waals surface area contributed by atoms with Crippen molar-refractivity contribution in [3.63, 3.8) is 0 Å². The lowest BCUT2D eigenvalue weighted by Gasteiger charge is -2.07. The van der Waals surface area contributed by atoms with Crippen LogP contribution in [-0.2, 0) is 6.54 Å². The smallest absolute Gasteiger partial charge is 0.283 e. The predicted molar refractivity (Wildman–Crippen MR) is 75.6 cm³/mol. The molecule has 0 aromatic heterocycles. The number of rotatable bonds is 4. The van der Waals surface area contributed by atoms with Gasteiger partial charge in [0.1, 0.15) is 17.2 Å². The summed E-state index contributed by atoms with van der Waals surface area (Å²) in [6, 6.07) is 6.38. The normalized spacial score (nSPS) is 10.3. The Labute approximate surface area is 128 Å². The molecule has 8 heteroatoms. The largest absolute Gasteiger partial charge is 0.348 e. The number of carbonyl (C=O) groups excluding carboxylic acids is 1. The molecule has 0 aliphatic rings. The van der Waals surface area contributed by atoms with Crippen molar-refractivity contribution in [3.8, 4) is 0 Å². The Kier molecular flexibility index (Phi) is 4.67. The highest BCUT2D eigenvalue weighted by atomic mass is 35.5. The minimum Gasteiger partial charge on any atom is -0.348 e. The topological polar surface area (TPSA) is 72.2 Å². The van der Waals surface area contributed by atoms with Crippen LogP contribution in [0.2, 0.25) is 5.02 Å². The van der Waals surface area contributed by atoms with Crippen molar-refractivity contribution in [2.45, 2.75) is 6.54 Å². The Morgan fingerprint density at radius 2 is 1.95 bits per heavy atom. The number of nitro benzene ring substituents is 1. The molecular formula is C14H9ClF2N2O3. The SMILES string of the molecule is O=C(NCc1cc(F)ccc1F)c1ccc(Cl)cc1[N+](=O)[O-]. The Morgan fingerprint density at radius 3 is 2.64 bits per heavy atom. The highest BCUT2D eigenvalue weighted by molar-refractivity contribution is 6.31. The van der Waals surface area contributed by atoms with Gasteiger partial charge in [-0.1, -0.05) is 11.6 Å². The first-order valence-corrected chi connectivity index (χ1v) is 6.42. The van der Waals surface area contributed by atoms with Gasteiger partial charge in [0.25, 0.3) is 11.6 Å². The molecule has 0 spiro atoms. The van der Waals surface area contributed by atoms with Crippen LogP contribution < -0.4 is 5.32 Å². The fraction of sp³-hybridized carbons (Fsp3) is 0.0714. The zero-order chi connectivity index (χ0) is 16.3. The lowest BCUT2D eigenvalue weighted by molar-refractivity contribution is -0.385. The molecule has 0 fully saturated rings. The van der Waals surface area contributed by atoms with Gasteiger partial charge in [-0.3, -0.25) is 14.9 Å². The van der Waals surface area contributed by atoms with Crippen LogP contribution in [0.3, 0.4) is 0 Å². The molecule has 0 heterocycles. The average molecular weight is 327 g/mol. The van der Waals surface area contributed by atoms with Crippen molar-refractivity contribution >= 4 is 23.2 Å². The Bertz CT molecular complexity index is 753. The molecule has 0 saturated carbocycles. The van der Waals surface area contributed by atoms with E-state index in [-0.39, 0.29) is 22.7 Å². The van der Waals surface area contributed by atoms with Gasteiger partial charge in [-0.15, -0.1) is 0 Å². The predicted octanol–water partition coefficient (Wildman–Crippen LogP) is 3.46. The van der Waals surface area contributed by atoms with Crippen molar-refractivity contribution in [2.24, 2.45) is 0 Å². The van der Waals surface area contributed by atoms with Gasteiger partial charge in [-0.2, -0.15) is 0 Å². The number of nitro groups is 1. The van der Waals surface area contributed by atoms with Crippen LogP contribution in [0, 0.1) is 21.7 Å². The van der Waals surface area contributed by atoms with Gasteiger partial charge in [0.2, 0.25) is 0 Å². The summed E-state index contributed by atoms with van der Waals surface area (Å²) in [7, 11) is 0. The fourth-order valence-electron chi connectivity index (χ4n) is 1.80. The zero-order valence-corrected chi connectivity index (χ0v) is 11.7. The second-order valence-electron chi connectivity index (χ2n) is 4.34. The van der Waals surface area contributed by atoms with E-state index in [1.165, 1.54) is 12.1 Å². The van der Waals surface area contributed by atoms with E-state index in [2.05, 4.69) is 5.32 Å². The van der Waals surface area contributed by atoms with Crippen LogP contribution in [0.25, 0.3) is 0 Å². The summed E-state index contributed by atoms with van der Waals surface area (Å²) in [4.78, 5) is 22.1. The summed E-state index contributed by atoms with van der Waals surface area (Å²) < 4.78 is 26.5. The maximum Gasteiger partial charge on any atom is 0.283 e. The van der Waals surface area contributed by atoms with E-state index in [4.69, 9.17) is 11.6 Å². The zero-order valence-electron chi connectivity index (χ0n) is 11.0. The second kappa shape index (κ2) is 6.48. The third-order valence-corrected chi connectivity index (χ3v) is 3.08. The molecule has 0 saturated heterocycles. The molecule has 1 N–H and O–H groups in total. The van der Waals surface area contributed by atoms with Gasteiger partial charge in [-0.05, 0) is 30.3 Å². The summed E-state index contributed by atoms with van der Waals surface area (Å²) >= 11 is 5.65. The minimum atomic E-state index is -0.785. The molecule has 0 bridgehead atoms. The molecule has 2 aromatic rings. The molecular weight excluding hydrogens is 318 g/mol. The van der Waals surface area contributed by atoms with E-state index in [1.54, 1.807) is 0 Å². The quantitative estimate of drug-likeness (QED) is 0.691. The van der Waals surface area contributed by atoms with E-state index in [0.29, 0.717) is 0 Å². The third kappa shape index (κ3) is 3.56. The van der Waals surface area contributed by atoms with Crippen LogP contribution in [0.4, 0.5) is 14.5 Å². The Balaban J connectivity index is 2.19. The lowest BCUT2D eigenvalue weighted by Crippen LogP contribution is -2.24. The number of benzene rings is 2. The highest BCUT2D eigenvalue weighted by Crippen LogP contribution is 2.23. The van der Waals surface area contributed by atoms with Gasteiger partial charge in [0.05, 0.1) is 4.92 Å². The van der Waals surface area contributed by atoms with E-state index in [9.17, 15) is 23.7 Å². The highest BCUT2D eigenvalue weighted by Gasteiger charge is 2.20. The van der Waals surface area contributed by atoms with Gasteiger partial charge in [0, 0.05) is 23.2 Å². The Morgan fingerprint density at radius 1 is 1.23 bits per heavy atom. The molecule has 5 nitrogen and oxygen atoms in total. The molecule has 0 unspecified atom stereocenters. The van der Waals surface area contributed by atoms with Crippen LogP contribution in [0.5, 0.6) is 0 Å². The molecule has 0 aliphatic carbocycles. The van der Waals surface area contributed by atoms with Gasteiger partial charge in [0.15, 0.2) is 0 Å².